The summed E-state index contributed by atoms with van der Waals surface area (Å²) in [5, 5.41) is 4.44. The molecule has 1 saturated heterocycles. The highest BCUT2D eigenvalue weighted by atomic mass is 16.2. The van der Waals surface area contributed by atoms with Gasteiger partial charge in [-0.3, -0.25) is 9.48 Å². The van der Waals surface area contributed by atoms with Crippen molar-refractivity contribution in [2.75, 3.05) is 6.54 Å². The summed E-state index contributed by atoms with van der Waals surface area (Å²) in [4.78, 5) is 14.7. The molecule has 0 bridgehead atoms. The minimum atomic E-state index is 0.151. The number of carbonyl (C=O) groups is 1. The number of rotatable bonds is 4. The van der Waals surface area contributed by atoms with Gasteiger partial charge in [-0.2, -0.15) is 5.10 Å². The van der Waals surface area contributed by atoms with Crippen molar-refractivity contribution in [1.82, 2.24) is 14.7 Å². The summed E-state index contributed by atoms with van der Waals surface area (Å²) in [6.45, 7) is 5.14. The topological polar surface area (TPSA) is 38.1 Å². The van der Waals surface area contributed by atoms with Crippen LogP contribution in [-0.4, -0.2) is 33.2 Å². The van der Waals surface area contributed by atoms with Crippen molar-refractivity contribution in [2.24, 2.45) is 17.8 Å². The van der Waals surface area contributed by atoms with Crippen molar-refractivity contribution in [3.63, 3.8) is 0 Å². The van der Waals surface area contributed by atoms with Gasteiger partial charge in [0.25, 0.3) is 5.91 Å². The van der Waals surface area contributed by atoms with Gasteiger partial charge >= 0.3 is 0 Å². The summed E-state index contributed by atoms with van der Waals surface area (Å²) >= 11 is 0. The van der Waals surface area contributed by atoms with Crippen LogP contribution in [0.3, 0.4) is 0 Å². The maximum atomic E-state index is 12.6. The van der Waals surface area contributed by atoms with Crippen LogP contribution < -0.4 is 0 Å². The Morgan fingerprint density at radius 2 is 1.95 bits per heavy atom. The average molecular weight is 273 g/mol. The first kappa shape index (κ1) is 12.4. The number of likely N-dealkylation sites (tertiary alicyclic amines) is 1. The zero-order valence-corrected chi connectivity index (χ0v) is 12.3. The minimum Gasteiger partial charge on any atom is -0.333 e. The molecule has 4 rings (SSSR count). The third kappa shape index (κ3) is 1.97. The summed E-state index contributed by atoms with van der Waals surface area (Å²) in [5.41, 5.74) is 0.624. The van der Waals surface area contributed by atoms with E-state index in [0.29, 0.717) is 17.8 Å². The summed E-state index contributed by atoms with van der Waals surface area (Å²) in [6, 6.07) is 2.71. The maximum absolute atomic E-state index is 12.6. The molecule has 2 heterocycles. The largest absolute Gasteiger partial charge is 0.333 e. The first-order chi connectivity index (χ1) is 9.65. The molecular weight excluding hydrogens is 250 g/mol. The molecule has 1 aromatic heterocycles. The number of amides is 1. The van der Waals surface area contributed by atoms with E-state index in [1.807, 2.05) is 16.9 Å². The van der Waals surface area contributed by atoms with Gasteiger partial charge in [0.1, 0.15) is 5.69 Å². The van der Waals surface area contributed by atoms with Gasteiger partial charge in [0.15, 0.2) is 0 Å². The molecule has 3 fully saturated rings. The number of carbonyl (C=O) groups excluding carboxylic acids is 1. The van der Waals surface area contributed by atoms with E-state index in [2.05, 4.69) is 23.8 Å². The van der Waals surface area contributed by atoms with Crippen LogP contribution in [0.1, 0.15) is 56.1 Å². The molecule has 2 aliphatic carbocycles. The lowest BCUT2D eigenvalue weighted by Gasteiger charge is -2.49. The summed E-state index contributed by atoms with van der Waals surface area (Å²) in [6.07, 6.45) is 7.33. The molecule has 1 aromatic rings. The number of hydrogen-bond acceptors (Lipinski definition) is 2. The Morgan fingerprint density at radius 1 is 1.25 bits per heavy atom. The molecule has 1 amide bonds. The van der Waals surface area contributed by atoms with E-state index in [9.17, 15) is 4.79 Å². The van der Waals surface area contributed by atoms with Crippen LogP contribution in [0.25, 0.3) is 0 Å². The molecular formula is C16H23N3O. The van der Waals surface area contributed by atoms with Gasteiger partial charge in [0.05, 0.1) is 0 Å². The van der Waals surface area contributed by atoms with Crippen LogP contribution in [0, 0.1) is 17.8 Å². The minimum absolute atomic E-state index is 0.151. The Kier molecular flexibility index (Phi) is 2.69. The molecule has 2 atom stereocenters. The molecule has 2 saturated carbocycles. The van der Waals surface area contributed by atoms with Crippen LogP contribution >= 0.6 is 0 Å². The first-order valence-electron chi connectivity index (χ1n) is 8.01. The molecule has 4 nitrogen and oxygen atoms in total. The maximum Gasteiger partial charge on any atom is 0.274 e. The van der Waals surface area contributed by atoms with Crippen molar-refractivity contribution in [2.45, 2.75) is 51.6 Å². The van der Waals surface area contributed by atoms with E-state index in [4.69, 9.17) is 0 Å². The number of nitrogens with zero attached hydrogens (tertiary/aromatic N) is 3. The lowest BCUT2D eigenvalue weighted by Crippen LogP contribution is -2.60. The Bertz CT molecular complexity index is 528. The van der Waals surface area contributed by atoms with Crippen molar-refractivity contribution in [3.05, 3.63) is 18.0 Å². The molecule has 0 spiro atoms. The summed E-state index contributed by atoms with van der Waals surface area (Å²) in [5.74, 6) is 2.64. The fourth-order valence-corrected chi connectivity index (χ4v) is 3.65. The van der Waals surface area contributed by atoms with E-state index in [1.54, 1.807) is 0 Å². The van der Waals surface area contributed by atoms with Crippen LogP contribution in [0.15, 0.2) is 12.3 Å². The fourth-order valence-electron chi connectivity index (χ4n) is 3.65. The van der Waals surface area contributed by atoms with Crippen LogP contribution in [0.2, 0.25) is 0 Å². The Balaban J connectivity index is 1.50. The molecule has 108 valence electrons. The van der Waals surface area contributed by atoms with Gasteiger partial charge in [-0.15, -0.1) is 0 Å². The van der Waals surface area contributed by atoms with E-state index in [1.165, 1.54) is 25.7 Å². The van der Waals surface area contributed by atoms with Gasteiger partial charge in [0, 0.05) is 30.7 Å². The molecule has 1 aliphatic heterocycles. The van der Waals surface area contributed by atoms with Crippen molar-refractivity contribution in [3.8, 4) is 0 Å². The second kappa shape index (κ2) is 4.34. The standard InChI is InChI=1S/C16H23N3O/c1-10(2)19-8-7-14(17-19)16(20)18-9-13(11-3-4-11)15(18)12-5-6-12/h7-8,10-13,15H,3-6,9H2,1-2H3/t13-,15-/m0/s1. The van der Waals surface area contributed by atoms with E-state index in [-0.39, 0.29) is 5.91 Å². The predicted octanol–water partition coefficient (Wildman–Crippen LogP) is 2.72. The summed E-state index contributed by atoms with van der Waals surface area (Å²) in [7, 11) is 0. The van der Waals surface area contributed by atoms with Crippen molar-refractivity contribution in [1.29, 1.82) is 0 Å². The number of hydrogen-bond donors (Lipinski definition) is 0. The van der Waals surface area contributed by atoms with E-state index in [0.717, 1.165) is 24.3 Å². The van der Waals surface area contributed by atoms with Gasteiger partial charge < -0.3 is 4.90 Å². The van der Waals surface area contributed by atoms with Crippen molar-refractivity contribution >= 4 is 5.91 Å². The van der Waals surface area contributed by atoms with Gasteiger partial charge in [-0.25, -0.2) is 0 Å². The molecule has 0 radical (unpaired) electrons. The predicted molar refractivity (Wildman–Crippen MR) is 76.4 cm³/mol. The van der Waals surface area contributed by atoms with Crippen LogP contribution in [0.5, 0.6) is 0 Å². The molecule has 0 aromatic carbocycles. The molecule has 0 N–H and O–H groups in total. The Labute approximate surface area is 120 Å². The highest BCUT2D eigenvalue weighted by Gasteiger charge is 2.54. The second-order valence-corrected chi connectivity index (χ2v) is 7.06. The Morgan fingerprint density at radius 3 is 2.50 bits per heavy atom. The van der Waals surface area contributed by atoms with E-state index >= 15 is 0 Å². The molecule has 0 unspecified atom stereocenters. The fraction of sp³-hybridized carbons (Fsp3) is 0.750. The third-order valence-corrected chi connectivity index (χ3v) is 5.16. The van der Waals surface area contributed by atoms with Gasteiger partial charge in [0.2, 0.25) is 0 Å². The zero-order chi connectivity index (χ0) is 13.9. The molecule has 3 aliphatic rings. The normalized spacial score (nSPS) is 29.6. The van der Waals surface area contributed by atoms with Crippen LogP contribution in [-0.2, 0) is 0 Å². The van der Waals surface area contributed by atoms with Gasteiger partial charge in [-0.1, -0.05) is 0 Å². The quantitative estimate of drug-likeness (QED) is 0.846. The SMILES string of the molecule is CC(C)n1ccc(C(=O)N2C[C@@H](C3CC3)[C@@H]2C2CC2)n1. The number of aromatic nitrogens is 2. The third-order valence-electron chi connectivity index (χ3n) is 5.16. The molecule has 20 heavy (non-hydrogen) atoms. The smallest absolute Gasteiger partial charge is 0.274 e. The Hall–Kier alpha value is -1.32. The second-order valence-electron chi connectivity index (χ2n) is 7.06. The lowest BCUT2D eigenvalue weighted by molar-refractivity contribution is -0.00253. The first-order valence-corrected chi connectivity index (χ1v) is 8.01. The van der Waals surface area contributed by atoms with Crippen LogP contribution in [0.4, 0.5) is 0 Å². The van der Waals surface area contributed by atoms with Gasteiger partial charge in [-0.05, 0) is 57.4 Å². The zero-order valence-electron chi connectivity index (χ0n) is 12.3. The van der Waals surface area contributed by atoms with E-state index < -0.39 is 0 Å². The highest BCUT2D eigenvalue weighted by molar-refractivity contribution is 5.93. The monoisotopic (exact) mass is 273 g/mol. The lowest BCUT2D eigenvalue weighted by atomic mass is 9.81. The average Bonchev–Trinajstić information content (AvgIpc) is 3.29. The highest BCUT2D eigenvalue weighted by Crippen LogP contribution is 2.52. The summed E-state index contributed by atoms with van der Waals surface area (Å²) < 4.78 is 1.87. The molecule has 4 heteroatoms. The van der Waals surface area contributed by atoms with Crippen molar-refractivity contribution < 1.29 is 4.79 Å².